The molecular formula is C13H19N3O. The molecular weight excluding hydrogens is 214 g/mol. The Labute approximate surface area is 102 Å². The number of hydrogen-bond donors (Lipinski definition) is 2. The van der Waals surface area contributed by atoms with E-state index in [1.807, 2.05) is 12.1 Å². The van der Waals surface area contributed by atoms with Crippen LogP contribution in [0.4, 0.5) is 11.5 Å². The molecule has 4 nitrogen and oxygen atoms in total. The van der Waals surface area contributed by atoms with E-state index in [0.717, 1.165) is 25.1 Å². The summed E-state index contributed by atoms with van der Waals surface area (Å²) < 4.78 is 5.50. The van der Waals surface area contributed by atoms with Gasteiger partial charge in [0.05, 0.1) is 12.3 Å². The average Bonchev–Trinajstić information content (AvgIpc) is 2.82. The number of aromatic nitrogens is 1. The number of ether oxygens (including phenoxy) is 1. The second kappa shape index (κ2) is 5.57. The zero-order valence-corrected chi connectivity index (χ0v) is 10.1. The highest BCUT2D eigenvalue weighted by atomic mass is 16.5. The summed E-state index contributed by atoms with van der Waals surface area (Å²) in [5.41, 5.74) is 6.40. The summed E-state index contributed by atoms with van der Waals surface area (Å²) in [6.45, 7) is 2.70. The molecule has 0 aliphatic heterocycles. The standard InChI is InChI=1S/C13H19N3O/c1-2-9-17-13-11(14)7-8-12(16-13)15-10-5-3-4-6-10/h3-4,7-8,10H,2,5-6,9,14H2,1H3,(H,15,16). The van der Waals surface area contributed by atoms with E-state index in [-0.39, 0.29) is 0 Å². The summed E-state index contributed by atoms with van der Waals surface area (Å²) in [5.74, 6) is 1.36. The van der Waals surface area contributed by atoms with Crippen LogP contribution in [0.1, 0.15) is 26.2 Å². The summed E-state index contributed by atoms with van der Waals surface area (Å²) in [4.78, 5) is 4.39. The molecule has 1 heterocycles. The van der Waals surface area contributed by atoms with Crippen molar-refractivity contribution in [1.29, 1.82) is 0 Å². The number of rotatable bonds is 5. The lowest BCUT2D eigenvalue weighted by Gasteiger charge is -2.14. The van der Waals surface area contributed by atoms with Crippen LogP contribution >= 0.6 is 0 Å². The molecule has 1 aliphatic carbocycles. The SMILES string of the molecule is CCCOc1nc(NC2CC=CC2)ccc1N. The van der Waals surface area contributed by atoms with Gasteiger partial charge in [-0.05, 0) is 31.4 Å². The number of anilines is 2. The van der Waals surface area contributed by atoms with Gasteiger partial charge in [0.25, 0.3) is 0 Å². The number of nitrogens with one attached hydrogen (secondary N) is 1. The molecule has 0 saturated carbocycles. The molecule has 1 aromatic heterocycles. The van der Waals surface area contributed by atoms with Crippen LogP contribution < -0.4 is 15.8 Å². The van der Waals surface area contributed by atoms with E-state index in [0.29, 0.717) is 24.2 Å². The summed E-state index contributed by atoms with van der Waals surface area (Å²) in [7, 11) is 0. The van der Waals surface area contributed by atoms with Gasteiger partial charge in [-0.25, -0.2) is 0 Å². The van der Waals surface area contributed by atoms with E-state index in [4.69, 9.17) is 10.5 Å². The third-order valence-electron chi connectivity index (χ3n) is 2.69. The molecule has 0 unspecified atom stereocenters. The Hall–Kier alpha value is -1.71. The Kier molecular flexibility index (Phi) is 3.85. The van der Waals surface area contributed by atoms with Crippen molar-refractivity contribution < 1.29 is 4.74 Å². The Morgan fingerprint density at radius 3 is 2.88 bits per heavy atom. The highest BCUT2D eigenvalue weighted by molar-refractivity contribution is 5.54. The minimum atomic E-state index is 0.449. The van der Waals surface area contributed by atoms with Crippen LogP contribution in [0.25, 0.3) is 0 Å². The Balaban J connectivity index is 2.01. The number of nitrogens with two attached hydrogens (primary N) is 1. The fourth-order valence-corrected chi connectivity index (χ4v) is 1.79. The fraction of sp³-hybridized carbons (Fsp3) is 0.462. The summed E-state index contributed by atoms with van der Waals surface area (Å²) in [5, 5.41) is 3.38. The van der Waals surface area contributed by atoms with E-state index in [2.05, 4.69) is 29.4 Å². The van der Waals surface area contributed by atoms with Gasteiger partial charge in [0.2, 0.25) is 5.88 Å². The van der Waals surface area contributed by atoms with Crippen molar-refractivity contribution in [3.05, 3.63) is 24.3 Å². The van der Waals surface area contributed by atoms with Crippen molar-refractivity contribution in [2.24, 2.45) is 0 Å². The highest BCUT2D eigenvalue weighted by Gasteiger charge is 2.11. The molecule has 0 fully saturated rings. The molecule has 17 heavy (non-hydrogen) atoms. The van der Waals surface area contributed by atoms with Gasteiger partial charge in [-0.1, -0.05) is 19.1 Å². The van der Waals surface area contributed by atoms with Gasteiger partial charge in [-0.3, -0.25) is 0 Å². The lowest BCUT2D eigenvalue weighted by molar-refractivity contribution is 0.307. The monoisotopic (exact) mass is 233 g/mol. The number of pyridine rings is 1. The zero-order valence-electron chi connectivity index (χ0n) is 10.1. The largest absolute Gasteiger partial charge is 0.476 e. The van der Waals surface area contributed by atoms with Gasteiger partial charge in [0, 0.05) is 6.04 Å². The lowest BCUT2D eigenvalue weighted by atomic mass is 10.2. The second-order valence-corrected chi connectivity index (χ2v) is 4.22. The Bertz CT molecular complexity index is 396. The molecule has 0 aromatic carbocycles. The number of hydrogen-bond acceptors (Lipinski definition) is 4. The smallest absolute Gasteiger partial charge is 0.239 e. The summed E-state index contributed by atoms with van der Waals surface area (Å²) in [6.07, 6.45) is 7.42. The van der Waals surface area contributed by atoms with Crippen LogP contribution in [0.15, 0.2) is 24.3 Å². The molecule has 0 bridgehead atoms. The van der Waals surface area contributed by atoms with Crippen molar-refractivity contribution >= 4 is 11.5 Å². The van der Waals surface area contributed by atoms with E-state index >= 15 is 0 Å². The average molecular weight is 233 g/mol. The van der Waals surface area contributed by atoms with Crippen molar-refractivity contribution in [1.82, 2.24) is 4.98 Å². The third kappa shape index (κ3) is 3.12. The molecule has 2 rings (SSSR count). The summed E-state index contributed by atoms with van der Waals surface area (Å²) in [6, 6.07) is 4.18. The predicted molar refractivity (Wildman–Crippen MR) is 70.2 cm³/mol. The van der Waals surface area contributed by atoms with Crippen LogP contribution in [-0.2, 0) is 0 Å². The van der Waals surface area contributed by atoms with Gasteiger partial charge in [-0.2, -0.15) is 4.98 Å². The molecule has 3 N–H and O–H groups in total. The first-order chi connectivity index (χ1) is 8.29. The van der Waals surface area contributed by atoms with Gasteiger partial charge in [0.15, 0.2) is 0 Å². The molecule has 0 atom stereocenters. The number of nitrogen functional groups attached to an aromatic ring is 1. The fourth-order valence-electron chi connectivity index (χ4n) is 1.79. The third-order valence-corrected chi connectivity index (χ3v) is 2.69. The minimum absolute atomic E-state index is 0.449. The number of nitrogens with zero attached hydrogens (tertiary/aromatic N) is 1. The predicted octanol–water partition coefficient (Wildman–Crippen LogP) is 2.58. The normalized spacial score (nSPS) is 15.1. The quantitative estimate of drug-likeness (QED) is 0.767. The molecule has 1 aliphatic rings. The van der Waals surface area contributed by atoms with Gasteiger partial charge < -0.3 is 15.8 Å². The zero-order chi connectivity index (χ0) is 12.1. The summed E-state index contributed by atoms with van der Waals surface area (Å²) >= 11 is 0. The van der Waals surface area contributed by atoms with Crippen LogP contribution in [0.5, 0.6) is 5.88 Å². The maximum atomic E-state index is 5.81. The first-order valence-electron chi connectivity index (χ1n) is 6.10. The molecule has 4 heteroatoms. The highest BCUT2D eigenvalue weighted by Crippen LogP contribution is 2.23. The van der Waals surface area contributed by atoms with Crippen LogP contribution in [0, 0.1) is 0 Å². The molecule has 0 amide bonds. The van der Waals surface area contributed by atoms with Crippen molar-refractivity contribution in [3.8, 4) is 5.88 Å². The first kappa shape index (κ1) is 11.8. The van der Waals surface area contributed by atoms with E-state index in [1.165, 1.54) is 0 Å². The molecule has 0 saturated heterocycles. The lowest BCUT2D eigenvalue weighted by Crippen LogP contribution is -2.16. The topological polar surface area (TPSA) is 60.2 Å². The van der Waals surface area contributed by atoms with Gasteiger partial charge >= 0.3 is 0 Å². The van der Waals surface area contributed by atoms with Gasteiger partial charge in [-0.15, -0.1) is 0 Å². The minimum Gasteiger partial charge on any atom is -0.476 e. The van der Waals surface area contributed by atoms with E-state index in [1.54, 1.807) is 0 Å². The van der Waals surface area contributed by atoms with E-state index in [9.17, 15) is 0 Å². The van der Waals surface area contributed by atoms with Crippen molar-refractivity contribution in [2.75, 3.05) is 17.7 Å². The van der Waals surface area contributed by atoms with Crippen LogP contribution in [0.3, 0.4) is 0 Å². The van der Waals surface area contributed by atoms with Crippen LogP contribution in [0.2, 0.25) is 0 Å². The molecule has 1 aromatic rings. The van der Waals surface area contributed by atoms with Crippen LogP contribution in [-0.4, -0.2) is 17.6 Å². The first-order valence-corrected chi connectivity index (χ1v) is 6.10. The maximum absolute atomic E-state index is 5.81. The molecule has 0 spiro atoms. The van der Waals surface area contributed by atoms with E-state index < -0.39 is 0 Å². The van der Waals surface area contributed by atoms with Crippen molar-refractivity contribution in [3.63, 3.8) is 0 Å². The van der Waals surface area contributed by atoms with Crippen molar-refractivity contribution in [2.45, 2.75) is 32.2 Å². The maximum Gasteiger partial charge on any atom is 0.239 e. The second-order valence-electron chi connectivity index (χ2n) is 4.22. The Morgan fingerprint density at radius 2 is 2.18 bits per heavy atom. The molecule has 0 radical (unpaired) electrons. The molecule has 92 valence electrons. The van der Waals surface area contributed by atoms with Gasteiger partial charge in [0.1, 0.15) is 5.82 Å². The Morgan fingerprint density at radius 1 is 1.41 bits per heavy atom.